The van der Waals surface area contributed by atoms with E-state index in [0.29, 0.717) is 17.9 Å². The number of aromatic nitrogens is 3. The molecule has 0 saturated heterocycles. The van der Waals surface area contributed by atoms with E-state index in [1.54, 1.807) is 6.33 Å². The fourth-order valence-corrected chi connectivity index (χ4v) is 2.92. The van der Waals surface area contributed by atoms with Gasteiger partial charge in [-0.25, -0.2) is 0 Å². The third-order valence-electron chi connectivity index (χ3n) is 4.56. The van der Waals surface area contributed by atoms with Gasteiger partial charge in [0.1, 0.15) is 12.2 Å². The van der Waals surface area contributed by atoms with Gasteiger partial charge in [0, 0.05) is 19.0 Å². The molecule has 1 aromatic heterocycles. The lowest BCUT2D eigenvalue weighted by Gasteiger charge is -2.46. The van der Waals surface area contributed by atoms with Gasteiger partial charge in [0.05, 0.1) is 0 Å². The fourth-order valence-electron chi connectivity index (χ4n) is 2.92. The minimum Gasteiger partial charge on any atom is -0.327 e. The summed E-state index contributed by atoms with van der Waals surface area (Å²) < 4.78 is 2.04. The summed E-state index contributed by atoms with van der Waals surface area (Å²) in [7, 11) is 2.02. The Morgan fingerprint density at radius 2 is 2.12 bits per heavy atom. The molecule has 1 heterocycles. The molecule has 1 aromatic rings. The molecule has 0 radical (unpaired) electrons. The molecule has 3 unspecified atom stereocenters. The van der Waals surface area contributed by atoms with Crippen LogP contribution in [0.2, 0.25) is 0 Å². The summed E-state index contributed by atoms with van der Waals surface area (Å²) >= 11 is 0. The van der Waals surface area contributed by atoms with Crippen LogP contribution < -0.4 is 5.73 Å². The van der Waals surface area contributed by atoms with Gasteiger partial charge >= 0.3 is 0 Å². The maximum atomic E-state index is 6.16. The molecule has 1 aliphatic rings. The Morgan fingerprint density at radius 3 is 2.69 bits per heavy atom. The van der Waals surface area contributed by atoms with Gasteiger partial charge in [0.25, 0.3) is 0 Å². The largest absolute Gasteiger partial charge is 0.327 e. The highest BCUT2D eigenvalue weighted by atomic mass is 15.2. The zero-order valence-electron chi connectivity index (χ0n) is 10.6. The third-order valence-corrected chi connectivity index (χ3v) is 4.56. The topological polar surface area (TPSA) is 56.7 Å². The normalized spacial score (nSPS) is 33.9. The molecule has 0 amide bonds. The van der Waals surface area contributed by atoms with Crippen LogP contribution in [0.1, 0.15) is 45.4 Å². The second-order valence-corrected chi connectivity index (χ2v) is 5.70. The van der Waals surface area contributed by atoms with Crippen molar-refractivity contribution in [1.82, 2.24) is 14.8 Å². The maximum absolute atomic E-state index is 6.16. The maximum Gasteiger partial charge on any atom is 0.136 e. The van der Waals surface area contributed by atoms with Gasteiger partial charge in [-0.05, 0) is 24.2 Å². The summed E-state index contributed by atoms with van der Waals surface area (Å²) in [6.07, 6.45) is 3.98. The van der Waals surface area contributed by atoms with Crippen LogP contribution >= 0.6 is 0 Å². The predicted molar refractivity (Wildman–Crippen MR) is 63.9 cm³/mol. The van der Waals surface area contributed by atoms with Crippen molar-refractivity contribution in [3.05, 3.63) is 12.2 Å². The molecule has 1 fully saturated rings. The van der Waals surface area contributed by atoms with E-state index in [9.17, 15) is 0 Å². The van der Waals surface area contributed by atoms with Crippen LogP contribution in [0.4, 0.5) is 0 Å². The summed E-state index contributed by atoms with van der Waals surface area (Å²) in [5.41, 5.74) is 6.36. The lowest BCUT2D eigenvalue weighted by atomic mass is 9.61. The quantitative estimate of drug-likeness (QED) is 0.786. The first-order chi connectivity index (χ1) is 7.44. The molecule has 16 heavy (non-hydrogen) atoms. The molecule has 1 aliphatic carbocycles. The van der Waals surface area contributed by atoms with Gasteiger partial charge in [-0.1, -0.05) is 20.8 Å². The van der Waals surface area contributed by atoms with Crippen LogP contribution in [0.5, 0.6) is 0 Å². The molecule has 2 rings (SSSR count). The molecule has 4 nitrogen and oxygen atoms in total. The smallest absolute Gasteiger partial charge is 0.136 e. The van der Waals surface area contributed by atoms with Crippen molar-refractivity contribution in [2.75, 3.05) is 0 Å². The van der Waals surface area contributed by atoms with Crippen molar-refractivity contribution in [3.8, 4) is 0 Å². The first kappa shape index (κ1) is 11.6. The lowest BCUT2D eigenvalue weighted by molar-refractivity contribution is 0.0931. The van der Waals surface area contributed by atoms with Crippen molar-refractivity contribution in [3.63, 3.8) is 0 Å². The molecule has 1 saturated carbocycles. The van der Waals surface area contributed by atoms with Gasteiger partial charge in [-0.15, -0.1) is 10.2 Å². The molecule has 3 atom stereocenters. The number of nitrogens with zero attached hydrogens (tertiary/aromatic N) is 3. The van der Waals surface area contributed by atoms with Gasteiger partial charge in [-0.3, -0.25) is 0 Å². The van der Waals surface area contributed by atoms with Crippen LogP contribution in [0, 0.1) is 11.3 Å². The highest BCUT2D eigenvalue weighted by Gasteiger charge is 2.43. The summed E-state index contributed by atoms with van der Waals surface area (Å²) in [6.45, 7) is 6.86. The predicted octanol–water partition coefficient (Wildman–Crippen LogP) is 1.68. The number of rotatable bonds is 1. The van der Waals surface area contributed by atoms with Crippen molar-refractivity contribution in [1.29, 1.82) is 0 Å². The van der Waals surface area contributed by atoms with E-state index in [0.717, 1.165) is 18.7 Å². The van der Waals surface area contributed by atoms with Crippen LogP contribution in [0.25, 0.3) is 0 Å². The Morgan fingerprint density at radius 1 is 1.44 bits per heavy atom. The standard InChI is InChI=1S/C12H22N4/c1-8-10(13)6-5-9(12(8,2)3)11-15-14-7-16(11)4/h7-10H,5-6,13H2,1-4H3. The summed E-state index contributed by atoms with van der Waals surface area (Å²) in [5.74, 6) is 2.08. The Labute approximate surface area is 97.2 Å². The Balaban J connectivity index is 2.32. The van der Waals surface area contributed by atoms with E-state index < -0.39 is 0 Å². The van der Waals surface area contributed by atoms with Crippen molar-refractivity contribution >= 4 is 0 Å². The van der Waals surface area contributed by atoms with E-state index in [1.165, 1.54) is 0 Å². The van der Waals surface area contributed by atoms with Crippen LogP contribution in [-0.2, 0) is 7.05 Å². The SMILES string of the molecule is CC1C(N)CCC(c2nncn2C)C1(C)C. The number of nitrogens with two attached hydrogens (primary N) is 1. The minimum atomic E-state index is 0.193. The fraction of sp³-hybridized carbons (Fsp3) is 0.833. The first-order valence-electron chi connectivity index (χ1n) is 6.04. The minimum absolute atomic E-state index is 0.193. The molecule has 0 aromatic carbocycles. The van der Waals surface area contributed by atoms with E-state index in [-0.39, 0.29) is 5.41 Å². The van der Waals surface area contributed by atoms with E-state index in [4.69, 9.17) is 5.73 Å². The number of hydrogen-bond acceptors (Lipinski definition) is 3. The monoisotopic (exact) mass is 222 g/mol. The lowest BCUT2D eigenvalue weighted by Crippen LogP contribution is -2.46. The Bertz CT molecular complexity index is 369. The van der Waals surface area contributed by atoms with Crippen molar-refractivity contribution < 1.29 is 0 Å². The van der Waals surface area contributed by atoms with Crippen molar-refractivity contribution in [2.24, 2.45) is 24.1 Å². The third kappa shape index (κ3) is 1.65. The van der Waals surface area contributed by atoms with Crippen LogP contribution in [0.3, 0.4) is 0 Å². The molecular formula is C12H22N4. The Kier molecular flexibility index (Phi) is 2.78. The number of aryl methyl sites for hydroxylation is 1. The summed E-state index contributed by atoms with van der Waals surface area (Å²) in [4.78, 5) is 0. The van der Waals surface area contributed by atoms with E-state index in [2.05, 4.69) is 31.0 Å². The molecule has 90 valence electrons. The van der Waals surface area contributed by atoms with Gasteiger partial charge in [0.2, 0.25) is 0 Å². The molecule has 0 bridgehead atoms. The number of hydrogen-bond donors (Lipinski definition) is 1. The highest BCUT2D eigenvalue weighted by Crippen LogP contribution is 2.48. The van der Waals surface area contributed by atoms with Crippen LogP contribution in [-0.4, -0.2) is 20.8 Å². The summed E-state index contributed by atoms with van der Waals surface area (Å²) in [5, 5.41) is 8.25. The molecule has 2 N–H and O–H groups in total. The molecule has 0 aliphatic heterocycles. The summed E-state index contributed by atoms with van der Waals surface area (Å²) in [6, 6.07) is 0.319. The first-order valence-corrected chi connectivity index (χ1v) is 6.04. The van der Waals surface area contributed by atoms with Gasteiger partial charge in [0.15, 0.2) is 0 Å². The second-order valence-electron chi connectivity index (χ2n) is 5.70. The average molecular weight is 222 g/mol. The van der Waals surface area contributed by atoms with Gasteiger partial charge < -0.3 is 10.3 Å². The van der Waals surface area contributed by atoms with Crippen molar-refractivity contribution in [2.45, 2.75) is 45.6 Å². The highest BCUT2D eigenvalue weighted by molar-refractivity contribution is 5.08. The molecular weight excluding hydrogens is 200 g/mol. The zero-order chi connectivity index (χ0) is 11.9. The second kappa shape index (κ2) is 3.84. The average Bonchev–Trinajstić information content (AvgIpc) is 2.62. The Hall–Kier alpha value is -0.900. The zero-order valence-corrected chi connectivity index (χ0v) is 10.6. The van der Waals surface area contributed by atoms with Gasteiger partial charge in [-0.2, -0.15) is 0 Å². The van der Waals surface area contributed by atoms with E-state index >= 15 is 0 Å². The van der Waals surface area contributed by atoms with Crippen LogP contribution in [0.15, 0.2) is 6.33 Å². The molecule has 4 heteroatoms. The van der Waals surface area contributed by atoms with E-state index in [1.807, 2.05) is 11.6 Å². The molecule has 0 spiro atoms.